The van der Waals surface area contributed by atoms with E-state index in [2.05, 4.69) is 16.0 Å². The molecule has 1 atom stereocenters. The number of carbonyl (C=O) groups is 2. The summed E-state index contributed by atoms with van der Waals surface area (Å²) in [6, 6.07) is 21.3. The Bertz CT molecular complexity index is 1050. The lowest BCUT2D eigenvalue weighted by molar-refractivity contribution is -0.115. The van der Waals surface area contributed by atoms with E-state index in [9.17, 15) is 9.59 Å². The van der Waals surface area contributed by atoms with Gasteiger partial charge in [0.25, 0.3) is 5.91 Å². The van der Waals surface area contributed by atoms with Crippen molar-refractivity contribution in [1.82, 2.24) is 5.32 Å². The molecule has 0 unspecified atom stereocenters. The van der Waals surface area contributed by atoms with E-state index >= 15 is 0 Å². The van der Waals surface area contributed by atoms with Crippen molar-refractivity contribution >= 4 is 34.8 Å². The van der Waals surface area contributed by atoms with E-state index in [0.29, 0.717) is 27.7 Å². The van der Waals surface area contributed by atoms with Crippen LogP contribution in [0.15, 0.2) is 72.8 Å². The van der Waals surface area contributed by atoms with Gasteiger partial charge >= 0.3 is 0 Å². The van der Waals surface area contributed by atoms with Crippen molar-refractivity contribution < 1.29 is 14.3 Å². The maximum Gasteiger partial charge on any atom is 0.257 e. The van der Waals surface area contributed by atoms with Crippen molar-refractivity contribution in [2.24, 2.45) is 0 Å². The maximum absolute atomic E-state index is 12.7. The number of rotatable bonds is 8. The van der Waals surface area contributed by atoms with Gasteiger partial charge in [-0.15, -0.1) is 0 Å². The molecule has 0 saturated heterocycles. The van der Waals surface area contributed by atoms with Gasteiger partial charge in [0.1, 0.15) is 5.75 Å². The molecular formula is C24H24ClN3O3. The largest absolute Gasteiger partial charge is 0.497 e. The Balaban J connectivity index is 1.62. The molecule has 0 spiro atoms. The number of halogens is 1. The Hall–Kier alpha value is -3.35. The maximum atomic E-state index is 12.7. The van der Waals surface area contributed by atoms with Crippen LogP contribution in [0.3, 0.4) is 0 Å². The number of benzene rings is 3. The number of methoxy groups -OCH3 is 1. The van der Waals surface area contributed by atoms with Gasteiger partial charge in [0.2, 0.25) is 5.91 Å². The average molecular weight is 438 g/mol. The average Bonchev–Trinajstić information content (AvgIpc) is 2.78. The van der Waals surface area contributed by atoms with Crippen LogP contribution in [0.25, 0.3) is 0 Å². The van der Waals surface area contributed by atoms with Crippen LogP contribution in [0, 0.1) is 0 Å². The van der Waals surface area contributed by atoms with Gasteiger partial charge in [0.15, 0.2) is 0 Å². The number of para-hydroxylation sites is 1. The van der Waals surface area contributed by atoms with Gasteiger partial charge < -0.3 is 20.7 Å². The van der Waals surface area contributed by atoms with Crippen molar-refractivity contribution in [3.05, 3.63) is 88.9 Å². The third-order valence-electron chi connectivity index (χ3n) is 4.73. The zero-order valence-electron chi connectivity index (χ0n) is 17.3. The zero-order valence-corrected chi connectivity index (χ0v) is 18.1. The Morgan fingerprint density at radius 2 is 1.61 bits per heavy atom. The predicted molar refractivity (Wildman–Crippen MR) is 124 cm³/mol. The summed E-state index contributed by atoms with van der Waals surface area (Å²) >= 11 is 6.21. The van der Waals surface area contributed by atoms with Crippen molar-refractivity contribution in [2.75, 3.05) is 24.3 Å². The Morgan fingerprint density at radius 3 is 2.32 bits per heavy atom. The lowest BCUT2D eigenvalue weighted by Gasteiger charge is -2.16. The van der Waals surface area contributed by atoms with Crippen molar-refractivity contribution in [2.45, 2.75) is 13.0 Å². The van der Waals surface area contributed by atoms with Gasteiger partial charge in [-0.25, -0.2) is 0 Å². The fourth-order valence-corrected chi connectivity index (χ4v) is 3.34. The first-order valence-corrected chi connectivity index (χ1v) is 10.2. The summed E-state index contributed by atoms with van der Waals surface area (Å²) in [7, 11) is 1.58. The summed E-state index contributed by atoms with van der Waals surface area (Å²) in [4.78, 5) is 25.2. The summed E-state index contributed by atoms with van der Waals surface area (Å²) in [6.45, 7) is 2.01. The zero-order chi connectivity index (χ0) is 22.2. The van der Waals surface area contributed by atoms with Crippen molar-refractivity contribution in [3.63, 3.8) is 0 Å². The summed E-state index contributed by atoms with van der Waals surface area (Å²) < 4.78 is 5.12. The molecule has 7 heteroatoms. The fraction of sp³-hybridized carbons (Fsp3) is 0.167. The van der Waals surface area contributed by atoms with E-state index in [0.717, 1.165) is 5.56 Å². The first kappa shape index (κ1) is 22.3. The van der Waals surface area contributed by atoms with Gasteiger partial charge in [-0.05, 0) is 55.0 Å². The molecule has 31 heavy (non-hydrogen) atoms. The van der Waals surface area contributed by atoms with Gasteiger partial charge in [-0.3, -0.25) is 9.59 Å². The monoisotopic (exact) mass is 437 g/mol. The quantitative estimate of drug-likeness (QED) is 0.468. The third-order valence-corrected chi connectivity index (χ3v) is 5.08. The first-order chi connectivity index (χ1) is 15.0. The van der Waals surface area contributed by atoms with E-state index in [1.165, 1.54) is 0 Å². The molecule has 3 aromatic carbocycles. The van der Waals surface area contributed by atoms with Gasteiger partial charge in [-0.2, -0.15) is 0 Å². The molecule has 0 aliphatic carbocycles. The summed E-state index contributed by atoms with van der Waals surface area (Å²) in [5.41, 5.74) is 2.34. The first-order valence-electron chi connectivity index (χ1n) is 9.80. The summed E-state index contributed by atoms with van der Waals surface area (Å²) in [5, 5.41) is 9.42. The molecule has 0 aromatic heterocycles. The molecule has 3 N–H and O–H groups in total. The number of hydrogen-bond acceptors (Lipinski definition) is 4. The molecule has 0 heterocycles. The molecule has 0 bridgehead atoms. The van der Waals surface area contributed by atoms with E-state index < -0.39 is 0 Å². The van der Waals surface area contributed by atoms with E-state index in [1.807, 2.05) is 31.2 Å². The highest BCUT2D eigenvalue weighted by Crippen LogP contribution is 2.22. The molecule has 3 aromatic rings. The molecular weight excluding hydrogens is 414 g/mol. The molecule has 3 rings (SSSR count). The minimum atomic E-state index is -0.321. The highest BCUT2D eigenvalue weighted by atomic mass is 35.5. The Labute approximate surface area is 186 Å². The molecule has 0 radical (unpaired) electrons. The van der Waals surface area contributed by atoms with E-state index in [1.54, 1.807) is 55.6 Å². The standard InChI is InChI=1S/C24H24ClN3O3/c1-16(19-7-3-5-9-21(19)25)26-15-23(29)28-22-10-6-4-8-20(22)24(30)27-17-11-13-18(31-2)14-12-17/h3-14,16,26H,15H2,1-2H3,(H,27,30)(H,28,29)/t16-/m1/s1. The lowest BCUT2D eigenvalue weighted by Crippen LogP contribution is -2.30. The number of nitrogens with one attached hydrogen (secondary N) is 3. The van der Waals surface area contributed by atoms with Crippen LogP contribution in [0.1, 0.15) is 28.9 Å². The number of carbonyl (C=O) groups excluding carboxylic acids is 2. The second-order valence-corrected chi connectivity index (χ2v) is 7.31. The highest BCUT2D eigenvalue weighted by Gasteiger charge is 2.15. The van der Waals surface area contributed by atoms with Crippen LogP contribution in [0.5, 0.6) is 5.75 Å². The van der Waals surface area contributed by atoms with Crippen LogP contribution < -0.4 is 20.7 Å². The highest BCUT2D eigenvalue weighted by molar-refractivity contribution is 6.31. The van der Waals surface area contributed by atoms with Crippen LogP contribution in [-0.2, 0) is 4.79 Å². The van der Waals surface area contributed by atoms with Gasteiger partial charge in [-0.1, -0.05) is 41.9 Å². The molecule has 0 aliphatic heterocycles. The molecule has 0 saturated carbocycles. The van der Waals surface area contributed by atoms with Gasteiger partial charge in [0.05, 0.1) is 24.9 Å². The Kier molecular flexibility index (Phi) is 7.65. The van der Waals surface area contributed by atoms with Crippen LogP contribution >= 0.6 is 11.6 Å². The molecule has 6 nitrogen and oxygen atoms in total. The number of hydrogen-bond donors (Lipinski definition) is 3. The topological polar surface area (TPSA) is 79.5 Å². The van der Waals surface area contributed by atoms with Crippen LogP contribution in [-0.4, -0.2) is 25.5 Å². The predicted octanol–water partition coefficient (Wildman–Crippen LogP) is 4.89. The smallest absolute Gasteiger partial charge is 0.257 e. The fourth-order valence-electron chi connectivity index (χ4n) is 3.04. The normalized spacial score (nSPS) is 11.5. The number of ether oxygens (including phenoxy) is 1. The minimum Gasteiger partial charge on any atom is -0.497 e. The van der Waals surface area contributed by atoms with Crippen molar-refractivity contribution in [1.29, 1.82) is 0 Å². The SMILES string of the molecule is COc1ccc(NC(=O)c2ccccc2NC(=O)CN[C@H](C)c2ccccc2Cl)cc1. The summed E-state index contributed by atoms with van der Waals surface area (Å²) in [5.74, 6) is 0.117. The molecule has 160 valence electrons. The van der Waals surface area contributed by atoms with E-state index in [-0.39, 0.29) is 24.4 Å². The number of anilines is 2. The second-order valence-electron chi connectivity index (χ2n) is 6.90. The van der Waals surface area contributed by atoms with Crippen LogP contribution in [0.4, 0.5) is 11.4 Å². The van der Waals surface area contributed by atoms with Gasteiger partial charge in [0, 0.05) is 16.8 Å². The third kappa shape index (κ3) is 6.07. The molecule has 0 fully saturated rings. The van der Waals surface area contributed by atoms with E-state index in [4.69, 9.17) is 16.3 Å². The van der Waals surface area contributed by atoms with Crippen molar-refractivity contribution in [3.8, 4) is 5.75 Å². The number of amides is 2. The molecule has 2 amide bonds. The second kappa shape index (κ2) is 10.6. The minimum absolute atomic E-state index is 0.0703. The Morgan fingerprint density at radius 1 is 0.935 bits per heavy atom. The summed E-state index contributed by atoms with van der Waals surface area (Å²) in [6.07, 6.45) is 0. The van der Waals surface area contributed by atoms with Crippen LogP contribution in [0.2, 0.25) is 5.02 Å². The molecule has 0 aliphatic rings. The lowest BCUT2D eigenvalue weighted by atomic mass is 10.1.